The second-order valence-electron chi connectivity index (χ2n) is 6.29. The maximum atomic E-state index is 12.4. The van der Waals surface area contributed by atoms with E-state index in [0.717, 1.165) is 26.4 Å². The van der Waals surface area contributed by atoms with Crippen molar-refractivity contribution in [2.75, 3.05) is 11.1 Å². The fourth-order valence-corrected chi connectivity index (χ4v) is 4.77. The molecule has 0 spiro atoms. The van der Waals surface area contributed by atoms with Crippen LogP contribution < -0.4 is 11.1 Å². The van der Waals surface area contributed by atoms with Gasteiger partial charge in [-0.3, -0.25) is 9.59 Å². The number of nitrogens with zero attached hydrogens (tertiary/aromatic N) is 2. The van der Waals surface area contributed by atoms with Crippen LogP contribution in [0, 0.1) is 0 Å². The number of benzene rings is 2. The molecule has 0 radical (unpaired) electrons. The maximum Gasteiger partial charge on any atom is 0.248 e. The molecule has 0 bridgehead atoms. The van der Waals surface area contributed by atoms with Crippen LogP contribution in [0.5, 0.6) is 0 Å². The number of nitrogens with two attached hydrogens (primary N) is 1. The zero-order chi connectivity index (χ0) is 21.1. The fraction of sp³-hybridized carbons (Fsp3) is 0.0476. The van der Waals surface area contributed by atoms with Crippen molar-refractivity contribution in [1.29, 1.82) is 0 Å². The zero-order valence-corrected chi connectivity index (χ0v) is 17.9. The molecule has 2 amide bonds. The minimum Gasteiger partial charge on any atom is -0.366 e. The maximum absolute atomic E-state index is 12.4. The quantitative estimate of drug-likeness (QED) is 0.321. The van der Waals surface area contributed by atoms with Crippen LogP contribution in [0.1, 0.15) is 10.4 Å². The van der Waals surface area contributed by atoms with E-state index in [-0.39, 0.29) is 11.7 Å². The van der Waals surface area contributed by atoms with E-state index in [1.54, 1.807) is 24.3 Å². The van der Waals surface area contributed by atoms with Gasteiger partial charge in [0.15, 0.2) is 0 Å². The van der Waals surface area contributed by atoms with Crippen LogP contribution in [0.2, 0.25) is 5.02 Å². The Labute approximate surface area is 185 Å². The second kappa shape index (κ2) is 8.83. The number of hydrogen-bond donors (Lipinski definition) is 2. The number of rotatable bonds is 6. The molecule has 6 nitrogen and oxygen atoms in total. The topological polar surface area (TPSA) is 98.0 Å². The Kier molecular flexibility index (Phi) is 5.98. The number of nitrogens with one attached hydrogen (secondary N) is 1. The summed E-state index contributed by atoms with van der Waals surface area (Å²) in [5.41, 5.74) is 8.23. The lowest BCUT2D eigenvalue weighted by Gasteiger charge is -2.07. The minimum atomic E-state index is -0.511. The number of fused-ring (bicyclic) bond motifs is 1. The molecular weight excluding hydrogens is 440 g/mol. The number of thioether (sulfide) groups is 1. The van der Waals surface area contributed by atoms with E-state index in [9.17, 15) is 9.59 Å². The molecule has 0 unspecified atom stereocenters. The molecule has 0 aliphatic heterocycles. The average Bonchev–Trinajstić information content (AvgIpc) is 3.18. The van der Waals surface area contributed by atoms with Crippen LogP contribution >= 0.6 is 34.7 Å². The Morgan fingerprint density at radius 3 is 2.50 bits per heavy atom. The van der Waals surface area contributed by atoms with Gasteiger partial charge in [-0.25, -0.2) is 9.97 Å². The number of hydrogen-bond acceptors (Lipinski definition) is 6. The highest BCUT2D eigenvalue weighted by Crippen LogP contribution is 2.38. The van der Waals surface area contributed by atoms with E-state index in [1.165, 1.54) is 29.4 Å². The standard InChI is InChI=1S/C21H15ClN4O2S2/c22-14-5-1-12(2-6-14)16-9-29-20-18(16)21(25-11-24-20)30-10-17(27)26-15-7-3-13(4-8-15)19(23)28/h1-9,11H,10H2,(H2,23,28)(H,26,27). The fourth-order valence-electron chi connectivity index (χ4n) is 2.85. The second-order valence-corrected chi connectivity index (χ2v) is 8.55. The summed E-state index contributed by atoms with van der Waals surface area (Å²) in [7, 11) is 0. The van der Waals surface area contributed by atoms with Crippen molar-refractivity contribution in [3.05, 3.63) is 70.8 Å². The van der Waals surface area contributed by atoms with Crippen molar-refractivity contribution < 1.29 is 9.59 Å². The first-order valence-corrected chi connectivity index (χ1v) is 11.1. The molecule has 150 valence electrons. The van der Waals surface area contributed by atoms with Crippen molar-refractivity contribution in [3.8, 4) is 11.1 Å². The summed E-state index contributed by atoms with van der Waals surface area (Å²) < 4.78 is 0. The van der Waals surface area contributed by atoms with Crippen molar-refractivity contribution in [2.24, 2.45) is 5.73 Å². The summed E-state index contributed by atoms with van der Waals surface area (Å²) >= 11 is 8.88. The molecule has 2 aromatic heterocycles. The molecule has 0 aliphatic carbocycles. The van der Waals surface area contributed by atoms with Gasteiger partial charge in [-0.05, 0) is 42.0 Å². The Morgan fingerprint density at radius 2 is 1.80 bits per heavy atom. The third-order valence-electron chi connectivity index (χ3n) is 4.28. The Morgan fingerprint density at radius 1 is 1.07 bits per heavy atom. The Hall–Kier alpha value is -2.94. The molecule has 30 heavy (non-hydrogen) atoms. The average molecular weight is 455 g/mol. The number of halogens is 1. The molecule has 0 saturated heterocycles. The summed E-state index contributed by atoms with van der Waals surface area (Å²) in [6.07, 6.45) is 1.51. The van der Waals surface area contributed by atoms with Crippen molar-refractivity contribution >= 4 is 62.4 Å². The highest BCUT2D eigenvalue weighted by molar-refractivity contribution is 8.00. The molecule has 4 rings (SSSR count). The van der Waals surface area contributed by atoms with E-state index >= 15 is 0 Å². The third-order valence-corrected chi connectivity index (χ3v) is 6.41. The number of aromatic nitrogens is 2. The van der Waals surface area contributed by atoms with Crippen LogP contribution in [0.25, 0.3) is 21.3 Å². The number of carbonyl (C=O) groups excluding carboxylic acids is 2. The van der Waals surface area contributed by atoms with E-state index in [2.05, 4.69) is 15.3 Å². The van der Waals surface area contributed by atoms with E-state index in [4.69, 9.17) is 17.3 Å². The summed E-state index contributed by atoms with van der Waals surface area (Å²) in [4.78, 5) is 33.1. The van der Waals surface area contributed by atoms with Gasteiger partial charge >= 0.3 is 0 Å². The zero-order valence-electron chi connectivity index (χ0n) is 15.5. The first-order valence-electron chi connectivity index (χ1n) is 8.82. The smallest absolute Gasteiger partial charge is 0.248 e. The van der Waals surface area contributed by atoms with Gasteiger partial charge in [-0.1, -0.05) is 35.5 Å². The summed E-state index contributed by atoms with van der Waals surface area (Å²) in [6.45, 7) is 0. The summed E-state index contributed by atoms with van der Waals surface area (Å²) in [5.74, 6) is -0.509. The monoisotopic (exact) mass is 454 g/mol. The molecule has 3 N–H and O–H groups in total. The van der Waals surface area contributed by atoms with Gasteiger partial charge in [-0.2, -0.15) is 0 Å². The van der Waals surface area contributed by atoms with Gasteiger partial charge in [0, 0.05) is 27.2 Å². The minimum absolute atomic E-state index is 0.179. The van der Waals surface area contributed by atoms with Crippen LogP contribution in [-0.4, -0.2) is 27.5 Å². The Balaban J connectivity index is 1.51. The predicted molar refractivity (Wildman–Crippen MR) is 122 cm³/mol. The molecule has 2 aromatic carbocycles. The molecule has 0 atom stereocenters. The SMILES string of the molecule is NC(=O)c1ccc(NC(=O)CSc2ncnc3scc(-c4ccc(Cl)cc4)c23)cc1. The van der Waals surface area contributed by atoms with Crippen LogP contribution in [-0.2, 0) is 4.79 Å². The third kappa shape index (κ3) is 4.46. The Bertz CT molecular complexity index is 1220. The number of thiophene rings is 1. The van der Waals surface area contributed by atoms with Crippen LogP contribution in [0.3, 0.4) is 0 Å². The van der Waals surface area contributed by atoms with Gasteiger partial charge in [0.1, 0.15) is 16.2 Å². The van der Waals surface area contributed by atoms with Gasteiger partial charge in [-0.15, -0.1) is 11.3 Å². The first kappa shape index (κ1) is 20.3. The summed E-state index contributed by atoms with van der Waals surface area (Å²) in [6, 6.07) is 14.0. The van der Waals surface area contributed by atoms with E-state index in [0.29, 0.717) is 16.3 Å². The molecule has 4 aromatic rings. The number of carbonyl (C=O) groups is 2. The highest BCUT2D eigenvalue weighted by atomic mass is 35.5. The van der Waals surface area contributed by atoms with Crippen LogP contribution in [0.4, 0.5) is 5.69 Å². The van der Waals surface area contributed by atoms with Gasteiger partial charge in [0.25, 0.3) is 0 Å². The summed E-state index contributed by atoms with van der Waals surface area (Å²) in [5, 5.41) is 7.18. The van der Waals surface area contributed by atoms with Crippen molar-refractivity contribution in [3.63, 3.8) is 0 Å². The number of amides is 2. The largest absolute Gasteiger partial charge is 0.366 e. The normalized spacial score (nSPS) is 10.8. The molecule has 0 aliphatic rings. The van der Waals surface area contributed by atoms with Crippen molar-refractivity contribution in [2.45, 2.75) is 5.03 Å². The lowest BCUT2D eigenvalue weighted by molar-refractivity contribution is -0.113. The van der Waals surface area contributed by atoms with E-state index < -0.39 is 5.91 Å². The van der Waals surface area contributed by atoms with E-state index in [1.807, 2.05) is 29.6 Å². The highest BCUT2D eigenvalue weighted by Gasteiger charge is 2.15. The predicted octanol–water partition coefficient (Wildman–Crippen LogP) is 4.84. The lowest BCUT2D eigenvalue weighted by Crippen LogP contribution is -2.15. The van der Waals surface area contributed by atoms with Crippen molar-refractivity contribution in [1.82, 2.24) is 9.97 Å². The molecular formula is C21H15ClN4O2S2. The lowest BCUT2D eigenvalue weighted by atomic mass is 10.1. The molecule has 2 heterocycles. The first-order chi connectivity index (χ1) is 14.5. The molecule has 0 fully saturated rings. The van der Waals surface area contributed by atoms with Crippen LogP contribution in [0.15, 0.2) is 65.3 Å². The van der Waals surface area contributed by atoms with Gasteiger partial charge in [0.05, 0.1) is 11.1 Å². The molecule has 9 heteroatoms. The number of anilines is 1. The van der Waals surface area contributed by atoms with Gasteiger partial charge < -0.3 is 11.1 Å². The van der Waals surface area contributed by atoms with Gasteiger partial charge in [0.2, 0.25) is 11.8 Å². The number of primary amides is 1. The molecule has 0 saturated carbocycles.